The molecule has 0 radical (unpaired) electrons. The summed E-state index contributed by atoms with van der Waals surface area (Å²) < 4.78 is 0. The fourth-order valence-corrected chi connectivity index (χ4v) is 4.01. The minimum Gasteiger partial charge on any atom is -0.356 e. The topological polar surface area (TPSA) is 83.0 Å². The Morgan fingerprint density at radius 2 is 1.97 bits per heavy atom. The van der Waals surface area contributed by atoms with Gasteiger partial charge in [-0.25, -0.2) is 15.0 Å². The number of nitrogens with zero attached hydrogens (tertiary/aromatic N) is 4. The number of carbonyl (C=O) groups excluding carboxylic acids is 1. The van der Waals surface area contributed by atoms with E-state index < -0.39 is 0 Å². The van der Waals surface area contributed by atoms with Gasteiger partial charge < -0.3 is 15.5 Å². The number of amides is 1. The number of nitrogens with one attached hydrogen (secondary N) is 2. The van der Waals surface area contributed by atoms with Crippen LogP contribution in [0.15, 0.2) is 42.7 Å². The number of hydrogen-bond acceptors (Lipinski definition) is 6. The second-order valence-electron chi connectivity index (χ2n) is 8.09. The Kier molecular flexibility index (Phi) is 6.60. The molecule has 1 aliphatic heterocycles. The van der Waals surface area contributed by atoms with E-state index in [1.807, 2.05) is 24.4 Å². The lowest BCUT2D eigenvalue weighted by atomic mass is 9.95. The molecule has 0 unspecified atom stereocenters. The van der Waals surface area contributed by atoms with Gasteiger partial charge >= 0.3 is 0 Å². The highest BCUT2D eigenvalue weighted by Crippen LogP contribution is 2.28. The number of carbonyl (C=O) groups is 1. The maximum Gasteiger partial charge on any atom is 0.223 e. The zero-order valence-electron chi connectivity index (χ0n) is 18.3. The van der Waals surface area contributed by atoms with Crippen molar-refractivity contribution in [3.63, 3.8) is 0 Å². The van der Waals surface area contributed by atoms with Gasteiger partial charge in [-0.1, -0.05) is 31.2 Å². The number of piperidine rings is 1. The van der Waals surface area contributed by atoms with Crippen LogP contribution in [0.3, 0.4) is 0 Å². The van der Waals surface area contributed by atoms with Crippen LogP contribution in [0, 0.1) is 12.8 Å². The fraction of sp³-hybridized carbons (Fsp3) is 0.417. The highest BCUT2D eigenvalue weighted by molar-refractivity contribution is 5.89. The number of fused-ring (bicyclic) bond motifs is 1. The molecule has 0 aliphatic carbocycles. The van der Waals surface area contributed by atoms with Crippen LogP contribution in [-0.4, -0.2) is 40.5 Å². The lowest BCUT2D eigenvalue weighted by Crippen LogP contribution is -2.41. The quantitative estimate of drug-likeness (QED) is 0.609. The fourth-order valence-electron chi connectivity index (χ4n) is 4.01. The molecule has 0 atom stereocenters. The predicted molar refractivity (Wildman–Crippen MR) is 124 cm³/mol. The van der Waals surface area contributed by atoms with Gasteiger partial charge in [0.2, 0.25) is 11.9 Å². The molecule has 7 heteroatoms. The van der Waals surface area contributed by atoms with E-state index in [1.165, 1.54) is 11.1 Å². The predicted octanol–water partition coefficient (Wildman–Crippen LogP) is 3.69. The summed E-state index contributed by atoms with van der Waals surface area (Å²) in [6.45, 7) is 7.23. The second kappa shape index (κ2) is 9.73. The van der Waals surface area contributed by atoms with Crippen LogP contribution in [0.2, 0.25) is 0 Å². The Bertz CT molecular complexity index is 1050. The first-order valence-electron chi connectivity index (χ1n) is 11.1. The van der Waals surface area contributed by atoms with Gasteiger partial charge in [-0.3, -0.25) is 4.79 Å². The SMILES string of the molecule is CCCNC(=O)C1CCN(c2nccc3nc(NCc4ccccc4C)ncc23)CC1. The summed E-state index contributed by atoms with van der Waals surface area (Å²) in [5.41, 5.74) is 3.34. The van der Waals surface area contributed by atoms with Gasteiger partial charge in [0.1, 0.15) is 5.82 Å². The molecule has 0 spiro atoms. The van der Waals surface area contributed by atoms with Crippen LogP contribution in [0.25, 0.3) is 10.9 Å². The van der Waals surface area contributed by atoms with Crippen molar-refractivity contribution in [3.05, 3.63) is 53.9 Å². The smallest absolute Gasteiger partial charge is 0.223 e. The van der Waals surface area contributed by atoms with Crippen LogP contribution in [0.4, 0.5) is 11.8 Å². The number of anilines is 2. The Morgan fingerprint density at radius 1 is 1.16 bits per heavy atom. The van der Waals surface area contributed by atoms with Gasteiger partial charge in [0.25, 0.3) is 0 Å². The highest BCUT2D eigenvalue weighted by Gasteiger charge is 2.26. The molecular formula is C24H30N6O. The van der Waals surface area contributed by atoms with Crippen molar-refractivity contribution >= 4 is 28.6 Å². The van der Waals surface area contributed by atoms with E-state index in [0.717, 1.165) is 55.6 Å². The molecule has 4 rings (SSSR count). The first kappa shape index (κ1) is 21.0. The third-order valence-electron chi connectivity index (χ3n) is 5.90. The molecule has 162 valence electrons. The van der Waals surface area contributed by atoms with E-state index in [-0.39, 0.29) is 11.8 Å². The molecule has 3 heterocycles. The van der Waals surface area contributed by atoms with E-state index in [4.69, 9.17) is 4.98 Å². The standard InChI is InChI=1S/C24H30N6O/c1-3-11-26-23(31)18-9-13-30(14-10-18)22-20-16-28-24(29-21(20)8-12-25-22)27-15-19-7-5-4-6-17(19)2/h4-8,12,16,18H,3,9-11,13-15H2,1-2H3,(H,26,31)(H,27,28,29). The third kappa shape index (κ3) is 4.93. The molecule has 31 heavy (non-hydrogen) atoms. The highest BCUT2D eigenvalue weighted by atomic mass is 16.1. The Morgan fingerprint density at radius 3 is 2.74 bits per heavy atom. The van der Waals surface area contributed by atoms with Crippen molar-refractivity contribution in [3.8, 4) is 0 Å². The molecule has 7 nitrogen and oxygen atoms in total. The average Bonchev–Trinajstić information content (AvgIpc) is 2.81. The summed E-state index contributed by atoms with van der Waals surface area (Å²) in [4.78, 5) is 28.3. The Hall–Kier alpha value is -3.22. The van der Waals surface area contributed by atoms with Crippen molar-refractivity contribution in [2.24, 2.45) is 5.92 Å². The molecule has 1 aliphatic rings. The minimum absolute atomic E-state index is 0.0891. The molecular weight excluding hydrogens is 388 g/mol. The number of aromatic nitrogens is 3. The summed E-state index contributed by atoms with van der Waals surface area (Å²) in [7, 11) is 0. The van der Waals surface area contributed by atoms with E-state index in [9.17, 15) is 4.79 Å². The maximum atomic E-state index is 12.3. The van der Waals surface area contributed by atoms with Crippen molar-refractivity contribution in [2.45, 2.75) is 39.7 Å². The zero-order valence-corrected chi connectivity index (χ0v) is 18.3. The van der Waals surface area contributed by atoms with Gasteiger partial charge in [-0.2, -0.15) is 0 Å². The van der Waals surface area contributed by atoms with Crippen molar-refractivity contribution in [1.29, 1.82) is 0 Å². The van der Waals surface area contributed by atoms with Gasteiger partial charge in [-0.15, -0.1) is 0 Å². The lowest BCUT2D eigenvalue weighted by molar-refractivity contribution is -0.125. The molecule has 2 aromatic heterocycles. The first-order valence-corrected chi connectivity index (χ1v) is 11.1. The minimum atomic E-state index is 0.0891. The largest absolute Gasteiger partial charge is 0.356 e. The first-order chi connectivity index (χ1) is 15.2. The second-order valence-corrected chi connectivity index (χ2v) is 8.09. The van der Waals surface area contributed by atoms with Crippen molar-refractivity contribution in [2.75, 3.05) is 29.9 Å². The van der Waals surface area contributed by atoms with Crippen LogP contribution in [0.5, 0.6) is 0 Å². The maximum absolute atomic E-state index is 12.3. The molecule has 1 aromatic carbocycles. The van der Waals surface area contributed by atoms with Crippen LogP contribution in [-0.2, 0) is 11.3 Å². The lowest BCUT2D eigenvalue weighted by Gasteiger charge is -2.32. The summed E-state index contributed by atoms with van der Waals surface area (Å²) >= 11 is 0. The molecule has 0 saturated carbocycles. The molecule has 1 saturated heterocycles. The van der Waals surface area contributed by atoms with E-state index in [2.05, 4.69) is 51.5 Å². The number of aryl methyl sites for hydroxylation is 1. The zero-order chi connectivity index (χ0) is 21.6. The third-order valence-corrected chi connectivity index (χ3v) is 5.90. The summed E-state index contributed by atoms with van der Waals surface area (Å²) in [6.07, 6.45) is 6.29. The van der Waals surface area contributed by atoms with Crippen LogP contribution < -0.4 is 15.5 Å². The summed E-state index contributed by atoms with van der Waals surface area (Å²) in [5, 5.41) is 7.29. The van der Waals surface area contributed by atoms with E-state index >= 15 is 0 Å². The number of rotatable bonds is 7. The number of hydrogen-bond donors (Lipinski definition) is 2. The Balaban J connectivity index is 1.44. The van der Waals surface area contributed by atoms with Crippen molar-refractivity contribution in [1.82, 2.24) is 20.3 Å². The van der Waals surface area contributed by atoms with Crippen LogP contribution >= 0.6 is 0 Å². The van der Waals surface area contributed by atoms with E-state index in [0.29, 0.717) is 12.5 Å². The van der Waals surface area contributed by atoms with Gasteiger partial charge in [0.15, 0.2) is 0 Å². The average molecular weight is 419 g/mol. The summed E-state index contributed by atoms with van der Waals surface area (Å²) in [5.74, 6) is 1.78. The number of pyridine rings is 1. The molecule has 1 amide bonds. The number of benzene rings is 1. The molecule has 2 N–H and O–H groups in total. The normalized spacial score (nSPS) is 14.6. The summed E-state index contributed by atoms with van der Waals surface area (Å²) in [6, 6.07) is 10.2. The van der Waals surface area contributed by atoms with Gasteiger partial charge in [0, 0.05) is 44.5 Å². The monoisotopic (exact) mass is 418 g/mol. The van der Waals surface area contributed by atoms with E-state index in [1.54, 1.807) is 6.20 Å². The van der Waals surface area contributed by atoms with Gasteiger partial charge in [-0.05, 0) is 43.4 Å². The Labute approximate surface area is 183 Å². The van der Waals surface area contributed by atoms with Crippen LogP contribution in [0.1, 0.15) is 37.3 Å². The molecule has 0 bridgehead atoms. The van der Waals surface area contributed by atoms with Gasteiger partial charge in [0.05, 0.1) is 10.9 Å². The molecule has 3 aromatic rings. The van der Waals surface area contributed by atoms with Crippen molar-refractivity contribution < 1.29 is 4.79 Å². The molecule has 1 fully saturated rings.